The largest absolute Gasteiger partial charge is 0.313 e. The lowest BCUT2D eigenvalue weighted by Gasteiger charge is -2.21. The fourth-order valence-corrected chi connectivity index (χ4v) is 4.29. The average molecular weight is 250 g/mol. The molecule has 0 amide bonds. The Morgan fingerprint density at radius 3 is 2.56 bits per heavy atom. The molecule has 1 aliphatic heterocycles. The number of hydrogen-bond donors (Lipinski definition) is 1. The van der Waals surface area contributed by atoms with Gasteiger partial charge in [-0.2, -0.15) is 0 Å². The van der Waals surface area contributed by atoms with Gasteiger partial charge in [-0.25, -0.2) is 0 Å². The quantitative estimate of drug-likeness (QED) is 0.825. The summed E-state index contributed by atoms with van der Waals surface area (Å²) in [6, 6.07) is 1.74. The third kappa shape index (κ3) is 2.91. The van der Waals surface area contributed by atoms with E-state index in [1.807, 2.05) is 0 Å². The van der Waals surface area contributed by atoms with Crippen LogP contribution >= 0.6 is 0 Å². The maximum absolute atomic E-state index is 3.88. The Bertz CT molecular complexity index is 295. The van der Waals surface area contributed by atoms with Crippen LogP contribution in [0.2, 0.25) is 0 Å². The molecule has 0 radical (unpaired) electrons. The Morgan fingerprint density at radius 1 is 1.17 bits per heavy atom. The first kappa shape index (κ1) is 12.9. The summed E-state index contributed by atoms with van der Waals surface area (Å²) in [4.78, 5) is 2.73. The van der Waals surface area contributed by atoms with Crippen LogP contribution in [0.25, 0.3) is 0 Å². The van der Waals surface area contributed by atoms with Crippen LogP contribution in [-0.4, -0.2) is 36.6 Å². The molecule has 0 aromatic heterocycles. The van der Waals surface area contributed by atoms with Gasteiger partial charge in [0.15, 0.2) is 0 Å². The van der Waals surface area contributed by atoms with Gasteiger partial charge in [-0.1, -0.05) is 20.8 Å². The predicted octanol–water partition coefficient (Wildman–Crippen LogP) is 2.89. The Balaban J connectivity index is 1.42. The molecule has 3 fully saturated rings. The summed E-state index contributed by atoms with van der Waals surface area (Å²) >= 11 is 0. The fraction of sp³-hybridized carbons (Fsp3) is 1.00. The number of rotatable bonds is 4. The molecule has 3 rings (SSSR count). The van der Waals surface area contributed by atoms with Crippen molar-refractivity contribution in [1.82, 2.24) is 10.2 Å². The van der Waals surface area contributed by atoms with Crippen molar-refractivity contribution in [3.63, 3.8) is 0 Å². The van der Waals surface area contributed by atoms with Crippen molar-refractivity contribution in [2.45, 2.75) is 65.0 Å². The summed E-state index contributed by atoms with van der Waals surface area (Å²) in [5.41, 5.74) is 0.562. The molecule has 0 aromatic rings. The van der Waals surface area contributed by atoms with Gasteiger partial charge in [0.05, 0.1) is 0 Å². The van der Waals surface area contributed by atoms with E-state index in [0.717, 1.165) is 23.9 Å². The van der Waals surface area contributed by atoms with Crippen molar-refractivity contribution in [3.8, 4) is 0 Å². The molecule has 1 N–H and O–H groups in total. The van der Waals surface area contributed by atoms with Gasteiger partial charge in [-0.15, -0.1) is 0 Å². The molecule has 0 aromatic carbocycles. The van der Waals surface area contributed by atoms with Crippen LogP contribution in [0.1, 0.15) is 52.9 Å². The molecule has 2 nitrogen and oxygen atoms in total. The summed E-state index contributed by atoms with van der Waals surface area (Å²) in [5, 5.41) is 3.88. The van der Waals surface area contributed by atoms with Gasteiger partial charge >= 0.3 is 0 Å². The van der Waals surface area contributed by atoms with Crippen molar-refractivity contribution in [1.29, 1.82) is 0 Å². The highest BCUT2D eigenvalue weighted by atomic mass is 15.2. The third-order valence-electron chi connectivity index (χ3n) is 5.38. The lowest BCUT2D eigenvalue weighted by molar-refractivity contribution is 0.304. The molecule has 2 heteroatoms. The topological polar surface area (TPSA) is 15.3 Å². The zero-order chi connectivity index (χ0) is 12.8. The lowest BCUT2D eigenvalue weighted by Crippen LogP contribution is -2.36. The summed E-state index contributed by atoms with van der Waals surface area (Å²) in [6.07, 6.45) is 7.12. The summed E-state index contributed by atoms with van der Waals surface area (Å²) in [5.74, 6) is 1.78. The van der Waals surface area contributed by atoms with E-state index in [1.165, 1.54) is 51.7 Å². The second-order valence-corrected chi connectivity index (χ2v) is 7.95. The van der Waals surface area contributed by atoms with Crippen LogP contribution in [0.3, 0.4) is 0 Å². The van der Waals surface area contributed by atoms with E-state index in [2.05, 4.69) is 31.0 Å². The molecule has 2 aliphatic carbocycles. The van der Waals surface area contributed by atoms with Crippen molar-refractivity contribution in [2.75, 3.05) is 19.6 Å². The Kier molecular flexibility index (Phi) is 3.44. The first-order valence-corrected chi connectivity index (χ1v) is 8.01. The molecule has 3 atom stereocenters. The van der Waals surface area contributed by atoms with E-state index < -0.39 is 0 Å². The standard InChI is InChI=1S/C16H30N2/c1-12-8-16(2,3)9-15(12)17-10-13-6-7-18(11-13)14-4-5-14/h12-15,17H,4-11H2,1-3H3/t12-,13+,15-/m1/s1. The van der Waals surface area contributed by atoms with Gasteiger partial charge in [0, 0.05) is 18.6 Å². The first-order valence-electron chi connectivity index (χ1n) is 8.01. The minimum Gasteiger partial charge on any atom is -0.313 e. The minimum absolute atomic E-state index is 0.562. The van der Waals surface area contributed by atoms with E-state index >= 15 is 0 Å². The highest BCUT2D eigenvalue weighted by Crippen LogP contribution is 2.41. The molecule has 1 saturated heterocycles. The second-order valence-electron chi connectivity index (χ2n) is 7.95. The van der Waals surface area contributed by atoms with Crippen molar-refractivity contribution >= 4 is 0 Å². The van der Waals surface area contributed by atoms with Crippen molar-refractivity contribution in [3.05, 3.63) is 0 Å². The number of hydrogen-bond acceptors (Lipinski definition) is 2. The van der Waals surface area contributed by atoms with Gasteiger partial charge in [-0.3, -0.25) is 0 Å². The number of nitrogens with zero attached hydrogens (tertiary/aromatic N) is 1. The molecule has 104 valence electrons. The summed E-state index contributed by atoms with van der Waals surface area (Å²) < 4.78 is 0. The van der Waals surface area contributed by atoms with Gasteiger partial charge in [0.25, 0.3) is 0 Å². The van der Waals surface area contributed by atoms with E-state index in [-0.39, 0.29) is 0 Å². The highest BCUT2D eigenvalue weighted by Gasteiger charge is 2.38. The van der Waals surface area contributed by atoms with Crippen LogP contribution in [-0.2, 0) is 0 Å². The normalized spacial score (nSPS) is 40.5. The van der Waals surface area contributed by atoms with Crippen molar-refractivity contribution in [2.24, 2.45) is 17.3 Å². The van der Waals surface area contributed by atoms with E-state index in [4.69, 9.17) is 0 Å². The van der Waals surface area contributed by atoms with Gasteiger partial charge < -0.3 is 10.2 Å². The molecule has 18 heavy (non-hydrogen) atoms. The predicted molar refractivity (Wildman–Crippen MR) is 76.7 cm³/mol. The maximum Gasteiger partial charge on any atom is 0.00980 e. The van der Waals surface area contributed by atoms with Crippen LogP contribution in [0, 0.1) is 17.3 Å². The fourth-order valence-electron chi connectivity index (χ4n) is 4.29. The molecule has 0 spiro atoms. The third-order valence-corrected chi connectivity index (χ3v) is 5.38. The molecule has 0 bridgehead atoms. The van der Waals surface area contributed by atoms with E-state index in [9.17, 15) is 0 Å². The molecule has 0 unspecified atom stereocenters. The van der Waals surface area contributed by atoms with Crippen LogP contribution in [0.4, 0.5) is 0 Å². The summed E-state index contributed by atoms with van der Waals surface area (Å²) in [6.45, 7) is 11.3. The molecule has 1 heterocycles. The minimum atomic E-state index is 0.562. The smallest absolute Gasteiger partial charge is 0.00980 e. The van der Waals surface area contributed by atoms with Gasteiger partial charge in [0.2, 0.25) is 0 Å². The zero-order valence-electron chi connectivity index (χ0n) is 12.4. The number of nitrogens with one attached hydrogen (secondary N) is 1. The highest BCUT2D eigenvalue weighted by molar-refractivity contribution is 4.93. The first-order chi connectivity index (χ1) is 8.53. The number of likely N-dealkylation sites (tertiary alicyclic amines) is 1. The molecule has 3 aliphatic rings. The average Bonchev–Trinajstić information content (AvgIpc) is 2.96. The van der Waals surface area contributed by atoms with Crippen LogP contribution in [0.15, 0.2) is 0 Å². The van der Waals surface area contributed by atoms with Crippen LogP contribution < -0.4 is 5.32 Å². The van der Waals surface area contributed by atoms with Gasteiger partial charge in [-0.05, 0) is 62.4 Å². The van der Waals surface area contributed by atoms with E-state index in [1.54, 1.807) is 0 Å². The Hall–Kier alpha value is -0.0800. The van der Waals surface area contributed by atoms with Crippen molar-refractivity contribution < 1.29 is 0 Å². The maximum atomic E-state index is 3.88. The molecule has 2 saturated carbocycles. The SMILES string of the molecule is C[C@@H]1CC(C)(C)C[C@H]1NC[C@@H]1CCN(C2CC2)C1. The van der Waals surface area contributed by atoms with Crippen LogP contribution in [0.5, 0.6) is 0 Å². The summed E-state index contributed by atoms with van der Waals surface area (Å²) in [7, 11) is 0. The Labute approximate surface area is 113 Å². The monoisotopic (exact) mass is 250 g/mol. The zero-order valence-corrected chi connectivity index (χ0v) is 12.4. The van der Waals surface area contributed by atoms with Gasteiger partial charge in [0.1, 0.15) is 0 Å². The second kappa shape index (κ2) is 4.79. The molecular weight excluding hydrogens is 220 g/mol. The Morgan fingerprint density at radius 2 is 1.94 bits per heavy atom. The lowest BCUT2D eigenvalue weighted by atomic mass is 9.91. The van der Waals surface area contributed by atoms with E-state index in [0.29, 0.717) is 5.41 Å². The molecular formula is C16H30N2.